The van der Waals surface area contributed by atoms with Crippen molar-refractivity contribution < 1.29 is 31.9 Å². The standard InChI is InChI=1S/C33H38F3N5O4/c34-33(35,36)30-29(45-31(38-30)40-17-13-25(14-18-40)24-7-2-1-3-8-24)27(42)21-23-11-12-28(37-22-23)39-15-6-16-41(20-19-39)32(43)44-26-9-4-5-10-26/h1-3,7-8,11-12,22,25-26H,4-6,9-10,13-21H2. The third-order valence-corrected chi connectivity index (χ3v) is 9.00. The molecule has 9 nitrogen and oxygen atoms in total. The number of ketones is 1. The number of carbonyl (C=O) groups excluding carboxylic acids is 2. The molecule has 2 aliphatic heterocycles. The molecule has 12 heteroatoms. The van der Waals surface area contributed by atoms with Gasteiger partial charge in [-0.2, -0.15) is 18.2 Å². The predicted molar refractivity (Wildman–Crippen MR) is 162 cm³/mol. The topological polar surface area (TPSA) is 92.0 Å². The molecule has 1 saturated carbocycles. The van der Waals surface area contributed by atoms with Crippen LogP contribution in [0.2, 0.25) is 0 Å². The monoisotopic (exact) mass is 625 g/mol. The second-order valence-electron chi connectivity index (χ2n) is 12.1. The first-order valence-electron chi connectivity index (χ1n) is 15.8. The Balaban J connectivity index is 1.07. The van der Waals surface area contributed by atoms with E-state index in [1.54, 1.807) is 21.9 Å². The molecule has 3 aromatic rings. The van der Waals surface area contributed by atoms with Crippen LogP contribution in [0.25, 0.3) is 0 Å². The zero-order chi connectivity index (χ0) is 31.4. The van der Waals surface area contributed by atoms with Crippen LogP contribution < -0.4 is 9.80 Å². The van der Waals surface area contributed by atoms with Gasteiger partial charge in [-0.05, 0) is 68.1 Å². The quantitative estimate of drug-likeness (QED) is 0.275. The maximum absolute atomic E-state index is 13.9. The minimum absolute atomic E-state index is 0.0157. The average Bonchev–Trinajstić information content (AvgIpc) is 3.67. The Morgan fingerprint density at radius 1 is 0.867 bits per heavy atom. The highest BCUT2D eigenvalue weighted by molar-refractivity contribution is 5.96. The summed E-state index contributed by atoms with van der Waals surface area (Å²) in [4.78, 5) is 39.5. The minimum Gasteiger partial charge on any atom is -0.446 e. The SMILES string of the molecule is O=C(Cc1ccc(N2CCCN(C(=O)OC3CCCC3)CC2)nc1)c1oc(N2CCC(c3ccccc3)CC2)nc1C(F)(F)F. The van der Waals surface area contributed by atoms with Gasteiger partial charge < -0.3 is 23.9 Å². The van der Waals surface area contributed by atoms with E-state index < -0.39 is 23.4 Å². The molecule has 0 atom stereocenters. The molecule has 45 heavy (non-hydrogen) atoms. The molecule has 4 heterocycles. The summed E-state index contributed by atoms with van der Waals surface area (Å²) in [5.74, 6) is -0.596. The molecule has 2 saturated heterocycles. The van der Waals surface area contributed by atoms with Gasteiger partial charge in [-0.3, -0.25) is 4.79 Å². The summed E-state index contributed by atoms with van der Waals surface area (Å²) in [5.41, 5.74) is 0.376. The third kappa shape index (κ3) is 7.42. The Kier molecular flexibility index (Phi) is 9.27. The Bertz CT molecular complexity index is 1450. The fraction of sp³-hybridized carbons (Fsp3) is 0.515. The summed E-state index contributed by atoms with van der Waals surface area (Å²) in [7, 11) is 0. The van der Waals surface area contributed by atoms with Crippen molar-refractivity contribution in [2.75, 3.05) is 49.1 Å². The molecule has 240 valence electrons. The number of oxazole rings is 1. The molecule has 1 amide bonds. The molecule has 6 rings (SSSR count). The summed E-state index contributed by atoms with van der Waals surface area (Å²) in [6, 6.07) is 13.3. The largest absolute Gasteiger partial charge is 0.446 e. The van der Waals surface area contributed by atoms with Crippen LogP contribution in [0, 0.1) is 0 Å². The van der Waals surface area contributed by atoms with Gasteiger partial charge in [0.2, 0.25) is 11.5 Å². The van der Waals surface area contributed by atoms with Crippen LogP contribution >= 0.6 is 0 Å². The van der Waals surface area contributed by atoms with Gasteiger partial charge in [-0.25, -0.2) is 9.78 Å². The van der Waals surface area contributed by atoms with E-state index in [0.717, 1.165) is 44.9 Å². The molecule has 2 aromatic heterocycles. The molecule has 0 unspecified atom stereocenters. The van der Waals surface area contributed by atoms with Gasteiger partial charge in [0.1, 0.15) is 11.9 Å². The van der Waals surface area contributed by atoms with Crippen molar-refractivity contribution in [3.63, 3.8) is 0 Å². The minimum atomic E-state index is -4.83. The van der Waals surface area contributed by atoms with Crippen molar-refractivity contribution in [1.29, 1.82) is 0 Å². The van der Waals surface area contributed by atoms with Crippen molar-refractivity contribution in [3.8, 4) is 0 Å². The first-order chi connectivity index (χ1) is 21.7. The molecule has 1 aliphatic carbocycles. The number of halogens is 3. The molecule has 0 spiro atoms. The van der Waals surface area contributed by atoms with Gasteiger partial charge >= 0.3 is 12.3 Å². The molecular weight excluding hydrogens is 587 g/mol. The maximum Gasteiger partial charge on any atom is 0.437 e. The van der Waals surface area contributed by atoms with Gasteiger partial charge in [0.25, 0.3) is 6.01 Å². The van der Waals surface area contributed by atoms with E-state index >= 15 is 0 Å². The highest BCUT2D eigenvalue weighted by Crippen LogP contribution is 2.37. The lowest BCUT2D eigenvalue weighted by Gasteiger charge is -2.31. The number of ether oxygens (including phenoxy) is 1. The number of nitrogens with zero attached hydrogens (tertiary/aromatic N) is 5. The molecule has 0 bridgehead atoms. The summed E-state index contributed by atoms with van der Waals surface area (Å²) in [5, 5.41) is 0. The van der Waals surface area contributed by atoms with Gasteiger partial charge in [0.05, 0.1) is 0 Å². The number of pyridine rings is 1. The smallest absolute Gasteiger partial charge is 0.437 e. The highest BCUT2D eigenvalue weighted by Gasteiger charge is 2.42. The number of carbonyl (C=O) groups is 2. The number of anilines is 2. The molecule has 0 N–H and O–H groups in total. The predicted octanol–water partition coefficient (Wildman–Crippen LogP) is 6.49. The van der Waals surface area contributed by atoms with Crippen LogP contribution in [0.5, 0.6) is 0 Å². The van der Waals surface area contributed by atoms with E-state index in [4.69, 9.17) is 9.15 Å². The zero-order valence-electron chi connectivity index (χ0n) is 25.2. The van der Waals surface area contributed by atoms with E-state index in [-0.39, 0.29) is 24.6 Å². The van der Waals surface area contributed by atoms with Crippen LogP contribution in [0.4, 0.5) is 29.8 Å². The molecular formula is C33H38F3N5O4. The second-order valence-corrected chi connectivity index (χ2v) is 12.1. The Hall–Kier alpha value is -4.09. The van der Waals surface area contributed by atoms with Crippen molar-refractivity contribution in [2.24, 2.45) is 0 Å². The normalized spacial score (nSPS) is 18.7. The third-order valence-electron chi connectivity index (χ3n) is 9.00. The Morgan fingerprint density at radius 3 is 2.31 bits per heavy atom. The molecule has 3 aliphatic rings. The Morgan fingerprint density at radius 2 is 1.62 bits per heavy atom. The summed E-state index contributed by atoms with van der Waals surface area (Å²) < 4.78 is 53.0. The number of rotatable bonds is 7. The summed E-state index contributed by atoms with van der Waals surface area (Å²) in [6.07, 6.45) is 2.39. The number of alkyl halides is 3. The summed E-state index contributed by atoms with van der Waals surface area (Å²) >= 11 is 0. The van der Waals surface area contributed by atoms with Crippen molar-refractivity contribution in [3.05, 3.63) is 71.2 Å². The van der Waals surface area contributed by atoms with E-state index in [0.29, 0.717) is 56.6 Å². The van der Waals surface area contributed by atoms with Gasteiger partial charge in [-0.15, -0.1) is 0 Å². The Labute approximate surface area is 260 Å². The first kappa shape index (κ1) is 30.9. The number of hydrogen-bond donors (Lipinski definition) is 0. The lowest BCUT2D eigenvalue weighted by atomic mass is 9.90. The van der Waals surface area contributed by atoms with Crippen LogP contribution in [-0.4, -0.2) is 72.1 Å². The van der Waals surface area contributed by atoms with Gasteiger partial charge in [-0.1, -0.05) is 36.4 Å². The van der Waals surface area contributed by atoms with E-state index in [2.05, 4.69) is 27.0 Å². The van der Waals surface area contributed by atoms with Crippen molar-refractivity contribution in [2.45, 2.75) is 69.6 Å². The van der Waals surface area contributed by atoms with E-state index in [1.807, 2.05) is 18.2 Å². The first-order valence-corrected chi connectivity index (χ1v) is 15.8. The van der Waals surface area contributed by atoms with Crippen LogP contribution in [-0.2, 0) is 17.3 Å². The second kappa shape index (κ2) is 13.5. The lowest BCUT2D eigenvalue weighted by molar-refractivity contribution is -0.141. The van der Waals surface area contributed by atoms with E-state index in [1.165, 1.54) is 11.8 Å². The molecule has 1 aromatic carbocycles. The number of Topliss-reactive ketones (excluding diaryl/α,β-unsaturated/α-hetero) is 1. The number of hydrogen-bond acceptors (Lipinski definition) is 8. The lowest BCUT2D eigenvalue weighted by Crippen LogP contribution is -2.37. The molecule has 0 radical (unpaired) electrons. The van der Waals surface area contributed by atoms with Crippen LogP contribution in [0.1, 0.15) is 78.2 Å². The number of piperidine rings is 1. The van der Waals surface area contributed by atoms with Crippen LogP contribution in [0.15, 0.2) is 53.1 Å². The molecule has 3 fully saturated rings. The fourth-order valence-electron chi connectivity index (χ4n) is 6.48. The average molecular weight is 626 g/mol. The van der Waals surface area contributed by atoms with E-state index in [9.17, 15) is 22.8 Å². The number of benzene rings is 1. The van der Waals surface area contributed by atoms with Gasteiger partial charge in [0.15, 0.2) is 5.69 Å². The fourth-order valence-corrected chi connectivity index (χ4v) is 6.48. The van der Waals surface area contributed by atoms with Crippen LogP contribution in [0.3, 0.4) is 0 Å². The van der Waals surface area contributed by atoms with Crippen molar-refractivity contribution >= 4 is 23.7 Å². The highest BCUT2D eigenvalue weighted by atomic mass is 19.4. The number of amides is 1. The zero-order valence-corrected chi connectivity index (χ0v) is 25.2. The van der Waals surface area contributed by atoms with Gasteiger partial charge in [0, 0.05) is 51.9 Å². The maximum atomic E-state index is 13.9. The number of aromatic nitrogens is 2. The summed E-state index contributed by atoms with van der Waals surface area (Å²) in [6.45, 7) is 3.32. The van der Waals surface area contributed by atoms with Crippen molar-refractivity contribution in [1.82, 2.24) is 14.9 Å².